The third-order valence-electron chi connectivity index (χ3n) is 4.54. The van der Waals surface area contributed by atoms with Crippen LogP contribution in [-0.2, 0) is 0 Å². The average molecular weight is 300 g/mol. The Bertz CT molecular complexity index is 401. The van der Waals surface area contributed by atoms with Gasteiger partial charge in [-0.3, -0.25) is 0 Å². The number of nitrogens with two attached hydrogens (primary N) is 1. The van der Waals surface area contributed by atoms with Crippen molar-refractivity contribution in [2.45, 2.75) is 38.6 Å². The van der Waals surface area contributed by atoms with E-state index in [0.29, 0.717) is 0 Å². The van der Waals surface area contributed by atoms with Crippen LogP contribution < -0.4 is 5.73 Å². The second-order valence-electron chi connectivity index (χ2n) is 5.43. The van der Waals surface area contributed by atoms with Crippen molar-refractivity contribution in [1.82, 2.24) is 0 Å². The Morgan fingerprint density at radius 2 is 2.25 bits per heavy atom. The summed E-state index contributed by atoms with van der Waals surface area (Å²) in [6, 6.07) is 2.51. The van der Waals surface area contributed by atoms with E-state index in [4.69, 9.17) is 5.73 Å². The summed E-state index contributed by atoms with van der Waals surface area (Å²) >= 11 is 5.38. The van der Waals surface area contributed by atoms with Crippen molar-refractivity contribution in [1.29, 1.82) is 0 Å². The molecule has 0 aliphatic heterocycles. The van der Waals surface area contributed by atoms with Crippen molar-refractivity contribution in [2.75, 3.05) is 0 Å². The van der Waals surface area contributed by atoms with Crippen LogP contribution in [0, 0.1) is 24.7 Å². The highest BCUT2D eigenvalue weighted by atomic mass is 79.9. The van der Waals surface area contributed by atoms with E-state index >= 15 is 0 Å². The van der Waals surface area contributed by atoms with Crippen molar-refractivity contribution in [2.24, 2.45) is 23.5 Å². The van der Waals surface area contributed by atoms with Gasteiger partial charge in [-0.05, 0) is 71.5 Å². The maximum Gasteiger partial charge on any atom is 0.0704 e. The summed E-state index contributed by atoms with van der Waals surface area (Å²) in [6.07, 6.45) is 5.70. The van der Waals surface area contributed by atoms with Gasteiger partial charge in [0.15, 0.2) is 0 Å². The smallest absolute Gasteiger partial charge is 0.0704 e. The molecule has 2 aliphatic rings. The Morgan fingerprint density at radius 3 is 2.75 bits per heavy atom. The Morgan fingerprint density at radius 1 is 1.44 bits per heavy atom. The quantitative estimate of drug-likeness (QED) is 0.868. The molecule has 2 saturated carbocycles. The molecule has 88 valence electrons. The molecule has 1 aromatic rings. The van der Waals surface area contributed by atoms with Crippen molar-refractivity contribution in [3.8, 4) is 0 Å². The average Bonchev–Trinajstić information content (AvgIpc) is 2.91. The second kappa shape index (κ2) is 4.11. The lowest BCUT2D eigenvalue weighted by molar-refractivity contribution is 0.284. The molecule has 0 amide bonds. The lowest BCUT2D eigenvalue weighted by atomic mass is 9.81. The van der Waals surface area contributed by atoms with Gasteiger partial charge in [0.1, 0.15) is 0 Å². The van der Waals surface area contributed by atoms with Gasteiger partial charge in [0.05, 0.1) is 3.79 Å². The number of thiophene rings is 1. The van der Waals surface area contributed by atoms with Gasteiger partial charge >= 0.3 is 0 Å². The number of fused-ring (bicyclic) bond motifs is 2. The van der Waals surface area contributed by atoms with Gasteiger partial charge in [-0.1, -0.05) is 6.42 Å². The monoisotopic (exact) mass is 299 g/mol. The van der Waals surface area contributed by atoms with Crippen LogP contribution in [-0.4, -0.2) is 0 Å². The van der Waals surface area contributed by atoms with E-state index in [0.717, 1.165) is 17.8 Å². The molecule has 3 rings (SSSR count). The van der Waals surface area contributed by atoms with E-state index in [1.165, 1.54) is 39.9 Å². The fourth-order valence-corrected chi connectivity index (χ4v) is 5.52. The minimum Gasteiger partial charge on any atom is -0.324 e. The van der Waals surface area contributed by atoms with Gasteiger partial charge < -0.3 is 5.73 Å². The Labute approximate surface area is 110 Å². The lowest BCUT2D eigenvalue weighted by Crippen LogP contribution is -2.26. The number of aryl methyl sites for hydroxylation is 1. The molecule has 1 heterocycles. The summed E-state index contributed by atoms with van der Waals surface area (Å²) in [5.41, 5.74) is 7.87. The standard InChI is InChI=1S/C13H18BrNS/c1-7-10(6-12(14)16-7)13(15)11-5-8-2-3-9(11)4-8/h6,8-9,11,13H,2-5,15H2,1H3. The van der Waals surface area contributed by atoms with E-state index in [1.54, 1.807) is 0 Å². The van der Waals surface area contributed by atoms with Crippen molar-refractivity contribution in [3.05, 3.63) is 20.3 Å². The topological polar surface area (TPSA) is 26.0 Å². The minimum absolute atomic E-state index is 0.276. The molecule has 0 spiro atoms. The molecule has 2 aliphatic carbocycles. The molecule has 0 radical (unpaired) electrons. The van der Waals surface area contributed by atoms with Crippen LogP contribution in [0.4, 0.5) is 0 Å². The fourth-order valence-electron chi connectivity index (χ4n) is 3.75. The predicted octanol–water partition coefficient (Wildman–Crippen LogP) is 4.26. The van der Waals surface area contributed by atoms with E-state index in [1.807, 2.05) is 11.3 Å². The van der Waals surface area contributed by atoms with Crippen LogP contribution in [0.2, 0.25) is 0 Å². The zero-order valence-electron chi connectivity index (χ0n) is 9.58. The van der Waals surface area contributed by atoms with Crippen LogP contribution in [0.25, 0.3) is 0 Å². The molecule has 1 aromatic heterocycles. The lowest BCUT2D eigenvalue weighted by Gasteiger charge is -2.27. The zero-order valence-corrected chi connectivity index (χ0v) is 12.0. The highest BCUT2D eigenvalue weighted by molar-refractivity contribution is 9.11. The summed E-state index contributed by atoms with van der Waals surface area (Å²) in [4.78, 5) is 1.39. The van der Waals surface area contributed by atoms with Crippen LogP contribution in [0.15, 0.2) is 9.85 Å². The van der Waals surface area contributed by atoms with E-state index in [-0.39, 0.29) is 6.04 Å². The maximum atomic E-state index is 6.49. The van der Waals surface area contributed by atoms with Crippen LogP contribution in [0.5, 0.6) is 0 Å². The molecule has 2 N–H and O–H groups in total. The second-order valence-corrected chi connectivity index (χ2v) is 8.06. The number of hydrogen-bond acceptors (Lipinski definition) is 2. The normalized spacial score (nSPS) is 34.6. The third kappa shape index (κ3) is 1.77. The molecule has 4 atom stereocenters. The molecular weight excluding hydrogens is 282 g/mol. The molecule has 1 nitrogen and oxygen atoms in total. The number of halogens is 1. The van der Waals surface area contributed by atoms with Gasteiger partial charge in [0.25, 0.3) is 0 Å². The Balaban J connectivity index is 1.82. The molecule has 4 unspecified atom stereocenters. The summed E-state index contributed by atoms with van der Waals surface area (Å²) in [7, 11) is 0. The molecule has 0 saturated heterocycles. The zero-order chi connectivity index (χ0) is 11.3. The molecule has 3 heteroatoms. The SMILES string of the molecule is Cc1sc(Br)cc1C(N)C1CC2CCC1C2. The van der Waals surface area contributed by atoms with Crippen LogP contribution in [0.3, 0.4) is 0 Å². The molecular formula is C13H18BrNS. The highest BCUT2D eigenvalue weighted by Gasteiger charge is 2.42. The summed E-state index contributed by atoms with van der Waals surface area (Å²) in [5.74, 6) is 2.65. The van der Waals surface area contributed by atoms with Crippen molar-refractivity contribution < 1.29 is 0 Å². The number of rotatable bonds is 2. The predicted molar refractivity (Wildman–Crippen MR) is 72.6 cm³/mol. The van der Waals surface area contributed by atoms with Crippen molar-refractivity contribution in [3.63, 3.8) is 0 Å². The summed E-state index contributed by atoms with van der Waals surface area (Å²) in [6.45, 7) is 2.19. The van der Waals surface area contributed by atoms with Gasteiger partial charge in [-0.2, -0.15) is 0 Å². The van der Waals surface area contributed by atoms with E-state index in [9.17, 15) is 0 Å². The van der Waals surface area contributed by atoms with Gasteiger partial charge in [-0.15, -0.1) is 11.3 Å². The molecule has 0 aromatic carbocycles. The molecule has 2 fully saturated rings. The summed E-state index contributed by atoms with van der Waals surface area (Å²) < 4.78 is 1.22. The Hall–Kier alpha value is 0.140. The number of hydrogen-bond donors (Lipinski definition) is 1. The van der Waals surface area contributed by atoms with Crippen molar-refractivity contribution >= 4 is 27.3 Å². The fraction of sp³-hybridized carbons (Fsp3) is 0.692. The van der Waals surface area contributed by atoms with Crippen LogP contribution in [0.1, 0.15) is 42.2 Å². The minimum atomic E-state index is 0.276. The van der Waals surface area contributed by atoms with Gasteiger partial charge in [0, 0.05) is 10.9 Å². The van der Waals surface area contributed by atoms with Gasteiger partial charge in [-0.25, -0.2) is 0 Å². The largest absolute Gasteiger partial charge is 0.324 e. The van der Waals surface area contributed by atoms with Gasteiger partial charge in [0.2, 0.25) is 0 Å². The molecule has 16 heavy (non-hydrogen) atoms. The van der Waals surface area contributed by atoms with E-state index < -0.39 is 0 Å². The highest BCUT2D eigenvalue weighted by Crippen LogP contribution is 2.52. The first kappa shape index (κ1) is 11.2. The Kier molecular flexibility index (Phi) is 2.89. The third-order valence-corrected chi connectivity index (χ3v) is 6.11. The first-order valence-electron chi connectivity index (χ1n) is 6.16. The maximum absolute atomic E-state index is 6.49. The van der Waals surface area contributed by atoms with Crippen LogP contribution >= 0.6 is 27.3 Å². The summed E-state index contributed by atoms with van der Waals surface area (Å²) in [5, 5.41) is 0. The first-order chi connectivity index (χ1) is 7.65. The van der Waals surface area contributed by atoms with E-state index in [2.05, 4.69) is 28.9 Å². The first-order valence-corrected chi connectivity index (χ1v) is 7.77. The molecule has 2 bridgehead atoms.